The zero-order valence-corrected chi connectivity index (χ0v) is 12.5. The number of rotatable bonds is 3. The zero-order valence-electron chi connectivity index (χ0n) is 12.5. The third-order valence-electron chi connectivity index (χ3n) is 3.02. The second-order valence-corrected chi connectivity index (χ2v) is 5.86. The van der Waals surface area contributed by atoms with Gasteiger partial charge in [-0.2, -0.15) is 0 Å². The molecule has 1 atom stereocenters. The number of amides is 1. The third kappa shape index (κ3) is 3.50. The summed E-state index contributed by atoms with van der Waals surface area (Å²) in [6, 6.07) is 6.25. The lowest BCUT2D eigenvalue weighted by Crippen LogP contribution is -2.48. The number of phenols is 1. The van der Waals surface area contributed by atoms with Crippen LogP contribution in [0.25, 0.3) is 0 Å². The molecule has 0 heterocycles. The van der Waals surface area contributed by atoms with Crippen molar-refractivity contribution >= 4 is 12.4 Å². The van der Waals surface area contributed by atoms with Gasteiger partial charge < -0.3 is 14.6 Å². The highest BCUT2D eigenvalue weighted by Gasteiger charge is 2.36. The van der Waals surface area contributed by atoms with Crippen molar-refractivity contribution in [3.05, 3.63) is 29.8 Å². The monoisotopic (exact) mass is 279 g/mol. The smallest absolute Gasteiger partial charge is 0.411 e. The number of hydrogen-bond acceptors (Lipinski definition) is 4. The number of aromatic hydroxyl groups is 1. The van der Waals surface area contributed by atoms with Crippen LogP contribution in [0.5, 0.6) is 5.75 Å². The van der Waals surface area contributed by atoms with Gasteiger partial charge in [0.1, 0.15) is 23.2 Å². The van der Waals surface area contributed by atoms with Crippen LogP contribution in [0.2, 0.25) is 0 Å². The van der Waals surface area contributed by atoms with Crippen LogP contribution in [-0.4, -0.2) is 35.0 Å². The molecule has 5 heteroatoms. The number of carbonyl (C=O) groups is 2. The number of nitrogens with zero attached hydrogens (tertiary/aromatic N) is 1. The Balaban J connectivity index is 3.10. The van der Waals surface area contributed by atoms with Gasteiger partial charge in [0.05, 0.1) is 0 Å². The number of hydrogen-bond donors (Lipinski definition) is 1. The maximum Gasteiger partial charge on any atom is 0.411 e. The molecule has 1 N–H and O–H groups in total. The molecule has 1 amide bonds. The van der Waals surface area contributed by atoms with Gasteiger partial charge in [-0.3, -0.25) is 4.90 Å². The van der Waals surface area contributed by atoms with Crippen LogP contribution < -0.4 is 0 Å². The van der Waals surface area contributed by atoms with E-state index in [0.29, 0.717) is 11.8 Å². The Labute approximate surface area is 119 Å². The summed E-state index contributed by atoms with van der Waals surface area (Å²) in [5.74, 6) is 0.0353. The summed E-state index contributed by atoms with van der Waals surface area (Å²) < 4.78 is 5.26. The highest BCUT2D eigenvalue weighted by atomic mass is 16.6. The fourth-order valence-corrected chi connectivity index (χ4v) is 1.68. The molecule has 1 aromatic carbocycles. The van der Waals surface area contributed by atoms with Crippen LogP contribution in [0.1, 0.15) is 33.3 Å². The molecule has 0 bridgehead atoms. The number of phenolic OH excluding ortho intramolecular Hbond substituents is 1. The van der Waals surface area contributed by atoms with Gasteiger partial charge in [-0.15, -0.1) is 0 Å². The number of benzene rings is 1. The lowest BCUT2D eigenvalue weighted by molar-refractivity contribution is -0.117. The van der Waals surface area contributed by atoms with Gasteiger partial charge in [-0.25, -0.2) is 4.79 Å². The fourth-order valence-electron chi connectivity index (χ4n) is 1.68. The molecule has 0 saturated carbocycles. The van der Waals surface area contributed by atoms with Crippen molar-refractivity contribution in [3.8, 4) is 5.75 Å². The van der Waals surface area contributed by atoms with Crippen molar-refractivity contribution in [1.82, 2.24) is 4.90 Å². The van der Waals surface area contributed by atoms with Crippen molar-refractivity contribution in [2.75, 3.05) is 7.05 Å². The molecule has 0 aliphatic heterocycles. The molecule has 0 aliphatic rings. The first kappa shape index (κ1) is 16.0. The van der Waals surface area contributed by atoms with E-state index in [-0.39, 0.29) is 5.75 Å². The van der Waals surface area contributed by atoms with Crippen LogP contribution in [0.4, 0.5) is 4.79 Å². The topological polar surface area (TPSA) is 66.8 Å². The summed E-state index contributed by atoms with van der Waals surface area (Å²) in [4.78, 5) is 24.8. The molecule has 0 aromatic heterocycles. The van der Waals surface area contributed by atoms with Gasteiger partial charge in [0.25, 0.3) is 0 Å². The van der Waals surface area contributed by atoms with E-state index in [1.165, 1.54) is 24.1 Å². The van der Waals surface area contributed by atoms with E-state index < -0.39 is 17.2 Å². The highest BCUT2D eigenvalue weighted by Crippen LogP contribution is 2.28. The average molecular weight is 279 g/mol. The molecule has 1 unspecified atom stereocenters. The third-order valence-corrected chi connectivity index (χ3v) is 3.02. The zero-order chi connectivity index (χ0) is 15.6. The van der Waals surface area contributed by atoms with Crippen molar-refractivity contribution in [2.45, 2.75) is 38.8 Å². The summed E-state index contributed by atoms with van der Waals surface area (Å²) in [5.41, 5.74) is -1.34. The lowest BCUT2D eigenvalue weighted by atomic mass is 9.92. The van der Waals surface area contributed by atoms with Crippen LogP contribution >= 0.6 is 0 Å². The van der Waals surface area contributed by atoms with E-state index in [0.717, 1.165) is 0 Å². The van der Waals surface area contributed by atoms with Crippen LogP contribution in [0.3, 0.4) is 0 Å². The van der Waals surface area contributed by atoms with E-state index >= 15 is 0 Å². The van der Waals surface area contributed by atoms with Crippen LogP contribution in [0.15, 0.2) is 24.3 Å². The second-order valence-electron chi connectivity index (χ2n) is 5.86. The first-order valence-electron chi connectivity index (χ1n) is 6.33. The first-order chi connectivity index (χ1) is 9.10. The number of carbonyl (C=O) groups excluding carboxylic acids is 2. The van der Waals surface area contributed by atoms with Gasteiger partial charge in [0, 0.05) is 7.05 Å². The lowest BCUT2D eigenvalue weighted by Gasteiger charge is -2.35. The number of likely N-dealkylation sites (N-methyl/N-ethyl adjacent to an activating group) is 1. The molecule has 5 nitrogen and oxygen atoms in total. The SMILES string of the molecule is CN(C(=O)OC(C)(C)C)C(C)(C=O)c1cccc(O)c1. The Morgan fingerprint density at radius 3 is 2.35 bits per heavy atom. The fraction of sp³-hybridized carbons (Fsp3) is 0.467. The molecule has 20 heavy (non-hydrogen) atoms. The van der Waals surface area contributed by atoms with E-state index in [1.807, 2.05) is 0 Å². The van der Waals surface area contributed by atoms with Crippen LogP contribution in [-0.2, 0) is 15.1 Å². The van der Waals surface area contributed by atoms with E-state index in [1.54, 1.807) is 39.8 Å². The Morgan fingerprint density at radius 1 is 1.30 bits per heavy atom. The predicted molar refractivity (Wildman–Crippen MR) is 75.5 cm³/mol. The normalized spacial score (nSPS) is 14.2. The number of aldehydes is 1. The van der Waals surface area contributed by atoms with Gasteiger partial charge in [-0.05, 0) is 45.4 Å². The minimum Gasteiger partial charge on any atom is -0.508 e. The molecule has 1 aromatic rings. The predicted octanol–water partition coefficient (Wildman–Crippen LogP) is 2.67. The molecule has 0 saturated heterocycles. The average Bonchev–Trinajstić information content (AvgIpc) is 2.34. The van der Waals surface area contributed by atoms with Gasteiger partial charge >= 0.3 is 6.09 Å². The van der Waals surface area contributed by atoms with Crippen molar-refractivity contribution < 1.29 is 19.4 Å². The summed E-state index contributed by atoms with van der Waals surface area (Å²) in [5, 5.41) is 9.53. The van der Waals surface area contributed by atoms with Gasteiger partial charge in [-0.1, -0.05) is 12.1 Å². The van der Waals surface area contributed by atoms with Crippen molar-refractivity contribution in [3.63, 3.8) is 0 Å². The van der Waals surface area contributed by atoms with Gasteiger partial charge in [0.15, 0.2) is 0 Å². The largest absolute Gasteiger partial charge is 0.508 e. The van der Waals surface area contributed by atoms with Crippen molar-refractivity contribution in [1.29, 1.82) is 0 Å². The van der Waals surface area contributed by atoms with Crippen LogP contribution in [0, 0.1) is 0 Å². The minimum atomic E-state index is -1.21. The Kier molecular flexibility index (Phi) is 4.43. The summed E-state index contributed by atoms with van der Waals surface area (Å²) in [6.07, 6.45) is 0.0570. The van der Waals surface area contributed by atoms with E-state index in [4.69, 9.17) is 4.74 Å². The quantitative estimate of drug-likeness (QED) is 0.864. The first-order valence-corrected chi connectivity index (χ1v) is 6.33. The summed E-state index contributed by atoms with van der Waals surface area (Å²) >= 11 is 0. The van der Waals surface area contributed by atoms with Crippen molar-refractivity contribution in [2.24, 2.45) is 0 Å². The molecular formula is C15H21NO4. The Morgan fingerprint density at radius 2 is 1.90 bits per heavy atom. The van der Waals surface area contributed by atoms with E-state index in [9.17, 15) is 14.7 Å². The Bertz CT molecular complexity index is 507. The standard InChI is InChI=1S/C15H21NO4/c1-14(2,3)20-13(19)16(5)15(4,10-17)11-7-6-8-12(18)9-11/h6-10,18H,1-5H3. The molecular weight excluding hydrogens is 258 g/mol. The molecule has 1 rings (SSSR count). The maximum absolute atomic E-state index is 12.1. The molecule has 0 spiro atoms. The Hall–Kier alpha value is -2.04. The number of ether oxygens (including phenoxy) is 1. The molecule has 0 aliphatic carbocycles. The molecule has 110 valence electrons. The van der Waals surface area contributed by atoms with E-state index in [2.05, 4.69) is 0 Å². The second kappa shape index (κ2) is 5.53. The maximum atomic E-state index is 12.1. The summed E-state index contributed by atoms with van der Waals surface area (Å²) in [7, 11) is 1.49. The molecule has 0 fully saturated rings. The van der Waals surface area contributed by atoms with Gasteiger partial charge in [0.2, 0.25) is 0 Å². The summed E-state index contributed by atoms with van der Waals surface area (Å²) in [6.45, 7) is 6.86. The highest BCUT2D eigenvalue weighted by molar-refractivity contribution is 5.78. The molecule has 0 radical (unpaired) electrons. The minimum absolute atomic E-state index is 0.0353.